The molecule has 0 aliphatic rings. The number of hydrogen-bond donors (Lipinski definition) is 1. The minimum absolute atomic E-state index is 0.179. The fraction of sp³-hybridized carbons (Fsp3) is 0.111. The molecule has 0 unspecified atom stereocenters. The zero-order valence-electron chi connectivity index (χ0n) is 6.97. The maximum Gasteiger partial charge on any atom is 0.161 e. The van der Waals surface area contributed by atoms with Gasteiger partial charge in [-0.1, -0.05) is 11.6 Å². The monoisotopic (exact) mass is 194 g/mol. The molecule has 13 heavy (non-hydrogen) atoms. The van der Waals surface area contributed by atoms with E-state index in [-0.39, 0.29) is 22.1 Å². The number of rotatable bonds is 1. The van der Waals surface area contributed by atoms with Crippen LogP contribution in [-0.4, -0.2) is 5.78 Å². The van der Waals surface area contributed by atoms with Crippen LogP contribution in [0.15, 0.2) is 12.1 Å². The summed E-state index contributed by atoms with van der Waals surface area (Å²) in [6.07, 6.45) is 0. The van der Waals surface area contributed by atoms with Crippen LogP contribution in [0.1, 0.15) is 22.8 Å². The average Bonchev–Trinajstić information content (AvgIpc) is 2.03. The summed E-state index contributed by atoms with van der Waals surface area (Å²) in [6, 6.07) is 4.70. The largest absolute Gasteiger partial charge is 0.398 e. The Balaban J connectivity index is 3.41. The zero-order valence-corrected chi connectivity index (χ0v) is 7.72. The third-order valence-electron chi connectivity index (χ3n) is 1.64. The molecule has 0 heterocycles. The van der Waals surface area contributed by atoms with E-state index >= 15 is 0 Å². The molecule has 0 bridgehead atoms. The number of hydrogen-bond acceptors (Lipinski definition) is 3. The summed E-state index contributed by atoms with van der Waals surface area (Å²) in [5.41, 5.74) is 6.37. The maximum absolute atomic E-state index is 11.0. The van der Waals surface area contributed by atoms with Crippen molar-refractivity contribution in [2.45, 2.75) is 6.92 Å². The molecule has 1 aromatic rings. The number of nitrogen functional groups attached to an aromatic ring is 1. The molecule has 0 fully saturated rings. The lowest BCUT2D eigenvalue weighted by atomic mass is 10.1. The Morgan fingerprint density at radius 1 is 1.62 bits per heavy atom. The fourth-order valence-electron chi connectivity index (χ4n) is 0.955. The third kappa shape index (κ3) is 1.79. The normalized spacial score (nSPS) is 9.31. The van der Waals surface area contributed by atoms with E-state index in [4.69, 9.17) is 22.6 Å². The first kappa shape index (κ1) is 9.56. The number of carbonyl (C=O) groups excluding carboxylic acids is 1. The maximum atomic E-state index is 11.0. The molecule has 0 aliphatic carbocycles. The van der Waals surface area contributed by atoms with Crippen molar-refractivity contribution in [3.05, 3.63) is 28.3 Å². The molecule has 0 aliphatic heterocycles. The molecule has 66 valence electrons. The number of Topliss-reactive ketones (excluding diaryl/α,β-unsaturated/α-hetero) is 1. The second-order valence-electron chi connectivity index (χ2n) is 2.59. The summed E-state index contributed by atoms with van der Waals surface area (Å²) in [4.78, 5) is 11.0. The molecule has 3 nitrogen and oxygen atoms in total. The first-order valence-corrected chi connectivity index (χ1v) is 3.94. The second-order valence-corrected chi connectivity index (χ2v) is 2.99. The van der Waals surface area contributed by atoms with Gasteiger partial charge in [0.15, 0.2) is 5.78 Å². The lowest BCUT2D eigenvalue weighted by Gasteiger charge is -2.02. The van der Waals surface area contributed by atoms with Gasteiger partial charge in [0.2, 0.25) is 0 Å². The Morgan fingerprint density at radius 3 is 2.69 bits per heavy atom. The van der Waals surface area contributed by atoms with Gasteiger partial charge in [0.1, 0.15) is 6.07 Å². The SMILES string of the molecule is CC(=O)c1cc(C#N)c(N)cc1Cl. The molecule has 0 aromatic heterocycles. The number of ketones is 1. The van der Waals surface area contributed by atoms with Gasteiger partial charge in [-0.05, 0) is 19.1 Å². The summed E-state index contributed by atoms with van der Waals surface area (Å²) < 4.78 is 0. The highest BCUT2D eigenvalue weighted by Crippen LogP contribution is 2.23. The quantitative estimate of drug-likeness (QED) is 0.549. The van der Waals surface area contributed by atoms with Gasteiger partial charge in [-0.25, -0.2) is 0 Å². The van der Waals surface area contributed by atoms with Crippen LogP contribution >= 0.6 is 11.6 Å². The van der Waals surface area contributed by atoms with E-state index in [1.165, 1.54) is 19.1 Å². The van der Waals surface area contributed by atoms with Crippen molar-refractivity contribution in [3.8, 4) is 6.07 Å². The number of nitriles is 1. The van der Waals surface area contributed by atoms with Crippen molar-refractivity contribution in [2.75, 3.05) is 5.73 Å². The van der Waals surface area contributed by atoms with Gasteiger partial charge in [0, 0.05) is 5.56 Å². The van der Waals surface area contributed by atoms with Crippen LogP contribution in [0.4, 0.5) is 5.69 Å². The van der Waals surface area contributed by atoms with Crippen LogP contribution in [0.25, 0.3) is 0 Å². The first-order chi connectivity index (χ1) is 6.06. The standard InChI is InChI=1S/C9H7ClN2O/c1-5(13)7-2-6(4-11)9(12)3-8(7)10/h2-3H,12H2,1H3. The van der Waals surface area contributed by atoms with Gasteiger partial charge in [0.05, 0.1) is 16.3 Å². The first-order valence-electron chi connectivity index (χ1n) is 3.56. The number of nitrogens with zero attached hydrogens (tertiary/aromatic N) is 1. The Bertz CT molecular complexity index is 407. The fourth-order valence-corrected chi connectivity index (χ4v) is 1.26. The molecular formula is C9H7ClN2O. The molecule has 0 spiro atoms. The average molecular weight is 195 g/mol. The summed E-state index contributed by atoms with van der Waals surface area (Å²) in [5.74, 6) is -0.179. The lowest BCUT2D eigenvalue weighted by molar-refractivity contribution is 0.101. The molecule has 0 radical (unpaired) electrons. The van der Waals surface area contributed by atoms with Gasteiger partial charge in [-0.3, -0.25) is 4.79 Å². The summed E-state index contributed by atoms with van der Waals surface area (Å²) in [5, 5.41) is 8.91. The van der Waals surface area contributed by atoms with E-state index in [0.29, 0.717) is 5.56 Å². The minimum Gasteiger partial charge on any atom is -0.398 e. The van der Waals surface area contributed by atoms with Crippen molar-refractivity contribution in [1.82, 2.24) is 0 Å². The summed E-state index contributed by atoms with van der Waals surface area (Å²) in [7, 11) is 0. The van der Waals surface area contributed by atoms with E-state index in [1.54, 1.807) is 0 Å². The molecule has 1 rings (SSSR count). The van der Waals surface area contributed by atoms with Crippen LogP contribution in [0.3, 0.4) is 0 Å². The van der Waals surface area contributed by atoms with Crippen molar-refractivity contribution in [1.29, 1.82) is 5.26 Å². The van der Waals surface area contributed by atoms with Gasteiger partial charge in [-0.2, -0.15) is 5.26 Å². The van der Waals surface area contributed by atoms with Gasteiger partial charge >= 0.3 is 0 Å². The van der Waals surface area contributed by atoms with Crippen molar-refractivity contribution < 1.29 is 4.79 Å². The molecule has 4 heteroatoms. The van der Waals surface area contributed by atoms with Gasteiger partial charge in [-0.15, -0.1) is 0 Å². The predicted octanol–water partition coefficient (Wildman–Crippen LogP) is 2.00. The van der Waals surface area contributed by atoms with Gasteiger partial charge < -0.3 is 5.73 Å². The smallest absolute Gasteiger partial charge is 0.161 e. The van der Waals surface area contributed by atoms with Crippen LogP contribution in [0, 0.1) is 11.3 Å². The van der Waals surface area contributed by atoms with Crippen molar-refractivity contribution >= 4 is 23.1 Å². The molecule has 0 saturated heterocycles. The molecule has 1 aromatic carbocycles. The Morgan fingerprint density at radius 2 is 2.23 bits per heavy atom. The predicted molar refractivity (Wildman–Crippen MR) is 50.6 cm³/mol. The number of anilines is 1. The van der Waals surface area contributed by atoms with Crippen molar-refractivity contribution in [2.24, 2.45) is 0 Å². The number of benzene rings is 1. The highest BCUT2D eigenvalue weighted by Gasteiger charge is 2.09. The van der Waals surface area contributed by atoms with Crippen molar-refractivity contribution in [3.63, 3.8) is 0 Å². The van der Waals surface area contributed by atoms with Crippen LogP contribution in [0.5, 0.6) is 0 Å². The van der Waals surface area contributed by atoms with Crippen LogP contribution < -0.4 is 5.73 Å². The van der Waals surface area contributed by atoms with E-state index < -0.39 is 0 Å². The molecule has 0 amide bonds. The molecule has 2 N–H and O–H groups in total. The Kier molecular flexibility index (Phi) is 2.54. The Hall–Kier alpha value is -1.53. The second kappa shape index (κ2) is 3.46. The lowest BCUT2D eigenvalue weighted by Crippen LogP contribution is -1.98. The molecule has 0 saturated carbocycles. The van der Waals surface area contributed by atoms with E-state index in [2.05, 4.69) is 0 Å². The highest BCUT2D eigenvalue weighted by atomic mass is 35.5. The van der Waals surface area contributed by atoms with Gasteiger partial charge in [0.25, 0.3) is 0 Å². The number of halogens is 1. The van der Waals surface area contributed by atoms with E-state index in [9.17, 15) is 4.79 Å². The zero-order chi connectivity index (χ0) is 10.0. The van der Waals surface area contributed by atoms with Crippen LogP contribution in [0.2, 0.25) is 5.02 Å². The molecule has 0 atom stereocenters. The third-order valence-corrected chi connectivity index (χ3v) is 1.95. The minimum atomic E-state index is -0.179. The highest BCUT2D eigenvalue weighted by molar-refractivity contribution is 6.34. The van der Waals surface area contributed by atoms with E-state index in [0.717, 1.165) is 0 Å². The van der Waals surface area contributed by atoms with Crippen LogP contribution in [-0.2, 0) is 0 Å². The Labute approximate surface area is 80.7 Å². The summed E-state index contributed by atoms with van der Waals surface area (Å²) in [6.45, 7) is 1.39. The number of carbonyl (C=O) groups is 1. The molecular weight excluding hydrogens is 188 g/mol. The number of nitrogens with two attached hydrogens (primary N) is 1. The topological polar surface area (TPSA) is 66.9 Å². The van der Waals surface area contributed by atoms with E-state index in [1.807, 2.05) is 6.07 Å². The summed E-state index contributed by atoms with van der Waals surface area (Å²) >= 11 is 5.74.